The molecular weight excluding hydrogens is 469 g/mol. The standard InChI is InChI=1S/C23H15Cl2N3O5/c24-16-8-7-15(19(25)12-16)13-33-21-9-6-14(11-20(21)28(31)32)10-18-22(29)26-27(23(18)30)17-4-2-1-3-5-17/h1-12H,13H2,(H,26,29)/b18-10-. The molecular formula is C23H15Cl2N3O5. The Bertz CT molecular complexity index is 1290. The van der Waals surface area contributed by atoms with Crippen molar-refractivity contribution in [2.45, 2.75) is 6.61 Å². The number of nitro groups is 1. The maximum atomic E-state index is 12.7. The first-order chi connectivity index (χ1) is 15.8. The van der Waals surface area contributed by atoms with Crippen LogP contribution in [0.3, 0.4) is 0 Å². The van der Waals surface area contributed by atoms with Crippen LogP contribution in [0.25, 0.3) is 6.08 Å². The molecule has 2 amide bonds. The van der Waals surface area contributed by atoms with Gasteiger partial charge < -0.3 is 4.74 Å². The minimum Gasteiger partial charge on any atom is -0.482 e. The molecule has 33 heavy (non-hydrogen) atoms. The van der Waals surface area contributed by atoms with Crippen molar-refractivity contribution in [3.05, 3.63) is 104 Å². The summed E-state index contributed by atoms with van der Waals surface area (Å²) in [4.78, 5) is 36.1. The van der Waals surface area contributed by atoms with Gasteiger partial charge in [-0.25, -0.2) is 5.01 Å². The van der Waals surface area contributed by atoms with E-state index in [1.165, 1.54) is 24.3 Å². The summed E-state index contributed by atoms with van der Waals surface area (Å²) in [6, 6.07) is 17.6. The van der Waals surface area contributed by atoms with Crippen LogP contribution in [0.1, 0.15) is 11.1 Å². The molecule has 0 saturated carbocycles. The zero-order valence-electron chi connectivity index (χ0n) is 16.8. The van der Waals surface area contributed by atoms with Crippen molar-refractivity contribution >= 4 is 52.5 Å². The number of carbonyl (C=O) groups is 2. The molecule has 1 N–H and O–H groups in total. The van der Waals surface area contributed by atoms with Crippen LogP contribution in [0.5, 0.6) is 5.75 Å². The summed E-state index contributed by atoms with van der Waals surface area (Å²) in [7, 11) is 0. The predicted molar refractivity (Wildman–Crippen MR) is 124 cm³/mol. The molecule has 1 fully saturated rings. The van der Waals surface area contributed by atoms with Crippen LogP contribution < -0.4 is 15.2 Å². The van der Waals surface area contributed by atoms with Crippen LogP contribution in [0.2, 0.25) is 10.0 Å². The molecule has 3 aromatic rings. The van der Waals surface area contributed by atoms with Gasteiger partial charge in [0.15, 0.2) is 5.75 Å². The molecule has 1 saturated heterocycles. The van der Waals surface area contributed by atoms with Gasteiger partial charge in [0, 0.05) is 21.7 Å². The van der Waals surface area contributed by atoms with E-state index in [0.717, 1.165) is 5.01 Å². The SMILES string of the molecule is O=C1NN(c2ccccc2)C(=O)/C1=C\c1ccc(OCc2ccc(Cl)cc2Cl)c([N+](=O)[O-])c1. The highest BCUT2D eigenvalue weighted by Crippen LogP contribution is 2.31. The number of hydrazine groups is 1. The van der Waals surface area contributed by atoms with Crippen LogP contribution in [-0.4, -0.2) is 16.7 Å². The van der Waals surface area contributed by atoms with Gasteiger partial charge in [-0.3, -0.25) is 25.1 Å². The number of rotatable bonds is 6. The van der Waals surface area contributed by atoms with Crippen LogP contribution in [0.15, 0.2) is 72.3 Å². The molecule has 1 heterocycles. The fourth-order valence-electron chi connectivity index (χ4n) is 3.17. The Morgan fingerprint density at radius 1 is 1.03 bits per heavy atom. The molecule has 0 unspecified atom stereocenters. The number of para-hydroxylation sites is 1. The number of benzene rings is 3. The average molecular weight is 484 g/mol. The van der Waals surface area contributed by atoms with Crippen molar-refractivity contribution < 1.29 is 19.2 Å². The highest BCUT2D eigenvalue weighted by Gasteiger charge is 2.34. The summed E-state index contributed by atoms with van der Waals surface area (Å²) in [5, 5.41) is 13.6. The third kappa shape index (κ3) is 4.82. The molecule has 0 atom stereocenters. The average Bonchev–Trinajstić information content (AvgIpc) is 3.08. The topological polar surface area (TPSA) is 102 Å². The number of nitro benzene ring substituents is 1. The Labute approximate surface area is 198 Å². The number of hydrogen-bond acceptors (Lipinski definition) is 5. The van der Waals surface area contributed by atoms with E-state index in [0.29, 0.717) is 26.9 Å². The number of hydrogen-bond donors (Lipinski definition) is 1. The molecule has 4 rings (SSSR count). The van der Waals surface area contributed by atoms with E-state index >= 15 is 0 Å². The Morgan fingerprint density at radius 2 is 1.79 bits per heavy atom. The lowest BCUT2D eigenvalue weighted by atomic mass is 10.1. The van der Waals surface area contributed by atoms with Gasteiger partial charge in [-0.15, -0.1) is 0 Å². The van der Waals surface area contributed by atoms with Gasteiger partial charge in [-0.2, -0.15) is 0 Å². The van der Waals surface area contributed by atoms with Crippen molar-refractivity contribution in [3.8, 4) is 5.75 Å². The molecule has 0 aromatic heterocycles. The van der Waals surface area contributed by atoms with E-state index in [2.05, 4.69) is 5.43 Å². The second kappa shape index (κ2) is 9.32. The number of amides is 2. The first-order valence-corrected chi connectivity index (χ1v) is 10.4. The molecule has 0 aliphatic carbocycles. The van der Waals surface area contributed by atoms with Crippen LogP contribution in [0.4, 0.5) is 11.4 Å². The lowest BCUT2D eigenvalue weighted by Gasteiger charge is -2.13. The number of nitrogens with one attached hydrogen (secondary N) is 1. The number of halogens is 2. The number of nitrogens with zero attached hydrogens (tertiary/aromatic N) is 2. The van der Waals surface area contributed by atoms with Gasteiger partial charge in [-0.1, -0.05) is 53.5 Å². The number of anilines is 1. The fraction of sp³-hybridized carbons (Fsp3) is 0.0435. The van der Waals surface area contributed by atoms with Crippen molar-refractivity contribution in [1.29, 1.82) is 0 Å². The molecule has 8 nitrogen and oxygen atoms in total. The summed E-state index contributed by atoms with van der Waals surface area (Å²) >= 11 is 12.0. The van der Waals surface area contributed by atoms with E-state index in [1.807, 2.05) is 0 Å². The van der Waals surface area contributed by atoms with E-state index < -0.39 is 16.7 Å². The van der Waals surface area contributed by atoms with E-state index in [1.54, 1.807) is 48.5 Å². The van der Waals surface area contributed by atoms with Gasteiger partial charge in [0.1, 0.15) is 12.2 Å². The summed E-state index contributed by atoms with van der Waals surface area (Å²) in [6.45, 7) is -0.00972. The molecule has 166 valence electrons. The summed E-state index contributed by atoms with van der Waals surface area (Å²) in [5.41, 5.74) is 3.42. The maximum Gasteiger partial charge on any atom is 0.311 e. The minimum atomic E-state index is -0.607. The van der Waals surface area contributed by atoms with Crippen molar-refractivity contribution in [1.82, 2.24) is 5.43 Å². The Hall–Kier alpha value is -3.88. The molecule has 1 aliphatic heterocycles. The molecule has 0 bridgehead atoms. The zero-order chi connectivity index (χ0) is 23.5. The molecule has 10 heteroatoms. The van der Waals surface area contributed by atoms with E-state index in [4.69, 9.17) is 27.9 Å². The maximum absolute atomic E-state index is 12.7. The molecule has 0 radical (unpaired) electrons. The van der Waals surface area contributed by atoms with Crippen molar-refractivity contribution in [2.75, 3.05) is 5.01 Å². The minimum absolute atomic E-state index is 0.00972. The van der Waals surface area contributed by atoms with Crippen LogP contribution in [-0.2, 0) is 16.2 Å². The summed E-state index contributed by atoms with van der Waals surface area (Å²) in [5.74, 6) is -1.16. The van der Waals surface area contributed by atoms with Gasteiger partial charge in [0.25, 0.3) is 11.8 Å². The lowest BCUT2D eigenvalue weighted by Crippen LogP contribution is -2.35. The quantitative estimate of drug-likeness (QED) is 0.231. The first kappa shape index (κ1) is 22.3. The normalized spacial score (nSPS) is 14.5. The monoisotopic (exact) mass is 483 g/mol. The molecule has 1 aliphatic rings. The Balaban J connectivity index is 1.58. The van der Waals surface area contributed by atoms with E-state index in [9.17, 15) is 19.7 Å². The number of ether oxygens (including phenoxy) is 1. The van der Waals surface area contributed by atoms with E-state index in [-0.39, 0.29) is 23.6 Å². The van der Waals surface area contributed by atoms with Gasteiger partial charge in [0.05, 0.1) is 10.6 Å². The third-order valence-electron chi connectivity index (χ3n) is 4.79. The highest BCUT2D eigenvalue weighted by molar-refractivity contribution is 6.35. The molecule has 0 spiro atoms. The highest BCUT2D eigenvalue weighted by atomic mass is 35.5. The molecule has 3 aromatic carbocycles. The van der Waals surface area contributed by atoms with Crippen molar-refractivity contribution in [2.24, 2.45) is 0 Å². The van der Waals surface area contributed by atoms with Crippen LogP contribution in [0, 0.1) is 10.1 Å². The Morgan fingerprint density at radius 3 is 2.48 bits per heavy atom. The van der Waals surface area contributed by atoms with Crippen LogP contribution >= 0.6 is 23.2 Å². The van der Waals surface area contributed by atoms with Gasteiger partial charge in [-0.05, 0) is 42.0 Å². The first-order valence-electron chi connectivity index (χ1n) is 9.61. The smallest absolute Gasteiger partial charge is 0.311 e. The zero-order valence-corrected chi connectivity index (χ0v) is 18.3. The largest absolute Gasteiger partial charge is 0.482 e. The second-order valence-corrected chi connectivity index (χ2v) is 7.83. The second-order valence-electron chi connectivity index (χ2n) is 6.98. The predicted octanol–water partition coefficient (Wildman–Crippen LogP) is 4.94. The van der Waals surface area contributed by atoms with Crippen molar-refractivity contribution in [3.63, 3.8) is 0 Å². The summed E-state index contributed by atoms with van der Waals surface area (Å²) in [6.07, 6.45) is 1.30. The van der Waals surface area contributed by atoms with Gasteiger partial charge >= 0.3 is 5.69 Å². The van der Waals surface area contributed by atoms with Gasteiger partial charge in [0.2, 0.25) is 0 Å². The lowest BCUT2D eigenvalue weighted by molar-refractivity contribution is -0.386. The number of carbonyl (C=O) groups excluding carboxylic acids is 2. The third-order valence-corrected chi connectivity index (χ3v) is 5.38. The fourth-order valence-corrected chi connectivity index (χ4v) is 3.63. The summed E-state index contributed by atoms with van der Waals surface area (Å²) < 4.78 is 5.60. The Kier molecular flexibility index (Phi) is 6.30.